The number of nitrogen functional groups attached to an aromatic ring is 1. The number of nitrogens with two attached hydrogens (primary N) is 1. The van der Waals surface area contributed by atoms with E-state index in [2.05, 4.69) is 0 Å². The fourth-order valence-corrected chi connectivity index (χ4v) is 3.29. The zero-order valence-corrected chi connectivity index (χ0v) is 13.3. The zero-order chi connectivity index (χ0) is 15.7. The number of aryl methyl sites for hydroxylation is 1. The number of likely N-dealkylation sites (N-methyl/N-ethyl adjacent to an activating group) is 1. The van der Waals surface area contributed by atoms with Crippen molar-refractivity contribution >= 4 is 15.7 Å². The first-order valence-corrected chi connectivity index (χ1v) is 7.56. The number of ether oxygens (including phenoxy) is 1. The molecular formula is C13H22N2O4S. The van der Waals surface area contributed by atoms with E-state index in [4.69, 9.17) is 10.5 Å². The van der Waals surface area contributed by atoms with Crippen LogP contribution in [0.1, 0.15) is 19.4 Å². The first-order valence-electron chi connectivity index (χ1n) is 6.12. The van der Waals surface area contributed by atoms with Crippen molar-refractivity contribution in [3.8, 4) is 5.75 Å². The smallest absolute Gasteiger partial charge is 0.247 e. The third-order valence-corrected chi connectivity index (χ3v) is 5.52. The van der Waals surface area contributed by atoms with Crippen LogP contribution >= 0.6 is 0 Å². The van der Waals surface area contributed by atoms with Crippen LogP contribution in [0.15, 0.2) is 17.0 Å². The molecule has 0 spiro atoms. The van der Waals surface area contributed by atoms with Crippen LogP contribution in [0, 0.1) is 6.92 Å². The predicted molar refractivity (Wildman–Crippen MR) is 78.3 cm³/mol. The summed E-state index contributed by atoms with van der Waals surface area (Å²) < 4.78 is 31.6. The van der Waals surface area contributed by atoms with Gasteiger partial charge in [0.15, 0.2) is 0 Å². The Morgan fingerprint density at radius 3 is 2.40 bits per heavy atom. The van der Waals surface area contributed by atoms with Crippen molar-refractivity contribution in [2.24, 2.45) is 0 Å². The Balaban J connectivity index is 3.47. The molecular weight excluding hydrogens is 280 g/mol. The van der Waals surface area contributed by atoms with Crippen molar-refractivity contribution < 1.29 is 18.3 Å². The normalized spacial score (nSPS) is 12.8. The van der Waals surface area contributed by atoms with Gasteiger partial charge in [0.1, 0.15) is 10.6 Å². The number of aliphatic hydroxyl groups excluding tert-OH is 1. The Labute approximate surface area is 120 Å². The maximum absolute atomic E-state index is 12.7. The minimum Gasteiger partial charge on any atom is -0.495 e. The second kappa shape index (κ2) is 5.59. The summed E-state index contributed by atoms with van der Waals surface area (Å²) in [5.41, 5.74) is 5.98. The van der Waals surface area contributed by atoms with Gasteiger partial charge in [0.2, 0.25) is 10.0 Å². The molecule has 0 fully saturated rings. The molecule has 1 aromatic carbocycles. The summed E-state index contributed by atoms with van der Waals surface area (Å²) in [6.07, 6.45) is 0. The van der Waals surface area contributed by atoms with Crippen molar-refractivity contribution in [1.82, 2.24) is 4.31 Å². The molecule has 0 saturated carbocycles. The van der Waals surface area contributed by atoms with Crippen LogP contribution in [0.2, 0.25) is 0 Å². The quantitative estimate of drug-likeness (QED) is 0.791. The lowest BCUT2D eigenvalue weighted by Crippen LogP contribution is -2.47. The van der Waals surface area contributed by atoms with Crippen molar-refractivity contribution in [2.45, 2.75) is 31.2 Å². The summed E-state index contributed by atoms with van der Waals surface area (Å²) in [5, 5.41) is 9.34. The highest BCUT2D eigenvalue weighted by Gasteiger charge is 2.35. The van der Waals surface area contributed by atoms with Gasteiger partial charge in [-0.3, -0.25) is 0 Å². The topological polar surface area (TPSA) is 92.9 Å². The molecule has 0 bridgehead atoms. The van der Waals surface area contributed by atoms with E-state index in [1.54, 1.807) is 26.8 Å². The lowest BCUT2D eigenvalue weighted by Gasteiger charge is -2.33. The highest BCUT2D eigenvalue weighted by Crippen LogP contribution is 2.32. The van der Waals surface area contributed by atoms with Crippen LogP contribution in [0.25, 0.3) is 0 Å². The summed E-state index contributed by atoms with van der Waals surface area (Å²) in [6.45, 7) is 4.74. The van der Waals surface area contributed by atoms with E-state index in [0.717, 1.165) is 9.87 Å². The van der Waals surface area contributed by atoms with Gasteiger partial charge < -0.3 is 15.6 Å². The molecule has 7 heteroatoms. The van der Waals surface area contributed by atoms with Gasteiger partial charge in [-0.05, 0) is 38.5 Å². The SMILES string of the molecule is COc1cc(C)c(N)cc1S(=O)(=O)N(C)C(C)(C)CO. The van der Waals surface area contributed by atoms with Gasteiger partial charge in [0.25, 0.3) is 0 Å². The number of hydrogen-bond donors (Lipinski definition) is 2. The molecule has 20 heavy (non-hydrogen) atoms. The Bertz CT molecular complexity index is 597. The zero-order valence-electron chi connectivity index (χ0n) is 12.5. The number of sulfonamides is 1. The van der Waals surface area contributed by atoms with Crippen molar-refractivity contribution in [1.29, 1.82) is 0 Å². The van der Waals surface area contributed by atoms with E-state index in [1.165, 1.54) is 20.2 Å². The van der Waals surface area contributed by atoms with Crippen LogP contribution in [-0.4, -0.2) is 44.1 Å². The first-order chi connectivity index (χ1) is 9.07. The van der Waals surface area contributed by atoms with Crippen molar-refractivity contribution in [3.05, 3.63) is 17.7 Å². The average Bonchev–Trinajstić information content (AvgIpc) is 2.40. The largest absolute Gasteiger partial charge is 0.495 e. The van der Waals surface area contributed by atoms with Crippen LogP contribution in [0.5, 0.6) is 5.75 Å². The Hall–Kier alpha value is -1.31. The molecule has 3 N–H and O–H groups in total. The molecule has 114 valence electrons. The molecule has 0 amide bonds. The van der Waals surface area contributed by atoms with E-state index in [1.807, 2.05) is 0 Å². The number of nitrogens with zero attached hydrogens (tertiary/aromatic N) is 1. The number of anilines is 1. The number of methoxy groups -OCH3 is 1. The third kappa shape index (κ3) is 2.89. The summed E-state index contributed by atoms with van der Waals surface area (Å²) in [6, 6.07) is 2.97. The highest BCUT2D eigenvalue weighted by atomic mass is 32.2. The number of aliphatic hydroxyl groups is 1. The maximum Gasteiger partial charge on any atom is 0.247 e. The molecule has 0 unspecified atom stereocenters. The van der Waals surface area contributed by atoms with Crippen LogP contribution in [0.4, 0.5) is 5.69 Å². The average molecular weight is 302 g/mol. The molecule has 0 aromatic heterocycles. The molecule has 0 atom stereocenters. The standard InChI is InChI=1S/C13H22N2O4S/c1-9-6-11(19-5)12(7-10(9)14)20(17,18)15(4)13(2,3)8-16/h6-7,16H,8,14H2,1-5H3. The van der Waals surface area contributed by atoms with Gasteiger partial charge in [0, 0.05) is 12.7 Å². The Morgan fingerprint density at radius 2 is 1.95 bits per heavy atom. The molecule has 1 rings (SSSR count). The fraction of sp³-hybridized carbons (Fsp3) is 0.538. The van der Waals surface area contributed by atoms with Gasteiger partial charge in [-0.2, -0.15) is 4.31 Å². The molecule has 0 radical (unpaired) electrons. The van der Waals surface area contributed by atoms with E-state index in [0.29, 0.717) is 5.69 Å². The van der Waals surface area contributed by atoms with Gasteiger partial charge in [-0.25, -0.2) is 8.42 Å². The molecule has 0 saturated heterocycles. The molecule has 1 aromatic rings. The van der Waals surface area contributed by atoms with Crippen molar-refractivity contribution in [2.75, 3.05) is 26.5 Å². The van der Waals surface area contributed by atoms with Crippen LogP contribution < -0.4 is 10.5 Å². The Kier molecular flexibility index (Phi) is 4.68. The lowest BCUT2D eigenvalue weighted by atomic mass is 10.1. The van der Waals surface area contributed by atoms with Gasteiger partial charge in [-0.1, -0.05) is 0 Å². The molecule has 0 heterocycles. The third-order valence-electron chi connectivity index (χ3n) is 3.43. The minimum atomic E-state index is -3.82. The second-order valence-corrected chi connectivity index (χ2v) is 7.24. The van der Waals surface area contributed by atoms with E-state index in [9.17, 15) is 13.5 Å². The fourth-order valence-electron chi connectivity index (χ4n) is 1.61. The van der Waals surface area contributed by atoms with Crippen LogP contribution in [0.3, 0.4) is 0 Å². The second-order valence-electron chi connectivity index (χ2n) is 5.30. The minimum absolute atomic E-state index is 0.00729. The molecule has 0 aliphatic heterocycles. The van der Waals surface area contributed by atoms with E-state index < -0.39 is 15.6 Å². The van der Waals surface area contributed by atoms with Gasteiger partial charge in [-0.15, -0.1) is 0 Å². The molecule has 6 nitrogen and oxygen atoms in total. The molecule has 0 aliphatic carbocycles. The van der Waals surface area contributed by atoms with Gasteiger partial charge in [0.05, 0.1) is 19.3 Å². The monoisotopic (exact) mass is 302 g/mol. The number of benzene rings is 1. The van der Waals surface area contributed by atoms with Crippen molar-refractivity contribution in [3.63, 3.8) is 0 Å². The maximum atomic E-state index is 12.7. The van der Waals surface area contributed by atoms with E-state index >= 15 is 0 Å². The molecule has 0 aliphatic rings. The van der Waals surface area contributed by atoms with Crippen LogP contribution in [-0.2, 0) is 10.0 Å². The Morgan fingerprint density at radius 1 is 1.40 bits per heavy atom. The van der Waals surface area contributed by atoms with E-state index in [-0.39, 0.29) is 17.3 Å². The lowest BCUT2D eigenvalue weighted by molar-refractivity contribution is 0.137. The summed E-state index contributed by atoms with van der Waals surface area (Å²) in [4.78, 5) is -0.00729. The number of rotatable bonds is 5. The first kappa shape index (κ1) is 16.7. The predicted octanol–water partition coefficient (Wildman–Crippen LogP) is 0.977. The number of hydrogen-bond acceptors (Lipinski definition) is 5. The summed E-state index contributed by atoms with van der Waals surface area (Å²) in [7, 11) is -1.00. The summed E-state index contributed by atoms with van der Waals surface area (Å²) in [5.74, 6) is 0.234. The van der Waals surface area contributed by atoms with Gasteiger partial charge >= 0.3 is 0 Å². The summed E-state index contributed by atoms with van der Waals surface area (Å²) >= 11 is 0. The highest BCUT2D eigenvalue weighted by molar-refractivity contribution is 7.89.